The van der Waals surface area contributed by atoms with Gasteiger partial charge in [-0.1, -0.05) is 37.5 Å². The highest BCUT2D eigenvalue weighted by atomic mass is 32.2. The Labute approximate surface area is 195 Å². The van der Waals surface area contributed by atoms with Gasteiger partial charge >= 0.3 is 6.01 Å². The molecule has 1 saturated heterocycles. The minimum atomic E-state index is -3.74. The van der Waals surface area contributed by atoms with Crippen molar-refractivity contribution in [1.29, 1.82) is 0 Å². The highest BCUT2D eigenvalue weighted by Crippen LogP contribution is 2.30. The lowest BCUT2D eigenvalue weighted by Crippen LogP contribution is -2.49. The average molecular weight is 493 g/mol. The van der Waals surface area contributed by atoms with Gasteiger partial charge in [0.1, 0.15) is 10.3 Å². The number of thiophene rings is 1. The second-order valence-corrected chi connectivity index (χ2v) is 12.4. The minimum absolute atomic E-state index is 0.0500. The third kappa shape index (κ3) is 5.06. The standard InChI is InChI=1S/C21H24N4O4S3/c1-14(2)31-16-8-5-7-15(13-16)20-23-24-21(29-20)22-19(26)17-9-3-4-11-25(17)32(27,28)18-10-6-12-30-18/h5-8,10,12-14,17H,3-4,9,11H2,1-2H3,(H,22,24,26). The fraction of sp³-hybridized carbons (Fsp3) is 0.381. The van der Waals surface area contributed by atoms with Gasteiger partial charge in [0.2, 0.25) is 11.8 Å². The molecule has 3 heterocycles. The first kappa shape index (κ1) is 23.0. The van der Waals surface area contributed by atoms with Gasteiger partial charge in [-0.2, -0.15) is 4.31 Å². The summed E-state index contributed by atoms with van der Waals surface area (Å²) in [7, 11) is -3.74. The van der Waals surface area contributed by atoms with Gasteiger partial charge in [-0.05, 0) is 42.5 Å². The van der Waals surface area contributed by atoms with E-state index in [4.69, 9.17) is 4.42 Å². The Hall–Kier alpha value is -2.21. The molecule has 1 unspecified atom stereocenters. The number of benzene rings is 1. The number of piperidine rings is 1. The molecule has 1 aliphatic rings. The van der Waals surface area contributed by atoms with Gasteiger partial charge in [-0.15, -0.1) is 28.2 Å². The number of amides is 1. The van der Waals surface area contributed by atoms with E-state index in [9.17, 15) is 13.2 Å². The van der Waals surface area contributed by atoms with Crippen LogP contribution in [0, 0.1) is 0 Å². The van der Waals surface area contributed by atoms with E-state index in [0.29, 0.717) is 30.5 Å². The van der Waals surface area contributed by atoms with Gasteiger partial charge < -0.3 is 4.42 Å². The van der Waals surface area contributed by atoms with E-state index in [1.807, 2.05) is 24.3 Å². The molecule has 1 aliphatic heterocycles. The normalized spacial score (nSPS) is 17.5. The number of sulfonamides is 1. The van der Waals surface area contributed by atoms with Crippen molar-refractivity contribution in [3.63, 3.8) is 0 Å². The second kappa shape index (κ2) is 9.74. The summed E-state index contributed by atoms with van der Waals surface area (Å²) in [6, 6.07) is 10.1. The van der Waals surface area contributed by atoms with Crippen LogP contribution in [0.4, 0.5) is 6.01 Å². The zero-order valence-corrected chi connectivity index (χ0v) is 20.2. The number of nitrogens with one attached hydrogen (secondary N) is 1. The van der Waals surface area contributed by atoms with Gasteiger partial charge in [0.05, 0.1) is 0 Å². The van der Waals surface area contributed by atoms with Crippen molar-refractivity contribution in [2.75, 3.05) is 11.9 Å². The molecule has 1 N–H and O–H groups in total. The van der Waals surface area contributed by atoms with Crippen LogP contribution in [-0.4, -0.2) is 46.7 Å². The van der Waals surface area contributed by atoms with Crippen molar-refractivity contribution >= 4 is 45.0 Å². The van der Waals surface area contributed by atoms with Crippen LogP contribution in [0.5, 0.6) is 0 Å². The van der Waals surface area contributed by atoms with Gasteiger partial charge in [-0.3, -0.25) is 10.1 Å². The van der Waals surface area contributed by atoms with Crippen LogP contribution in [-0.2, 0) is 14.8 Å². The van der Waals surface area contributed by atoms with Gasteiger partial charge in [0.25, 0.3) is 10.0 Å². The Balaban J connectivity index is 1.50. The van der Waals surface area contributed by atoms with E-state index in [0.717, 1.165) is 28.2 Å². The van der Waals surface area contributed by atoms with Crippen molar-refractivity contribution in [2.45, 2.75) is 53.5 Å². The molecule has 2 aromatic heterocycles. The SMILES string of the molecule is CC(C)Sc1cccc(-c2nnc(NC(=O)C3CCCCN3S(=O)(=O)c3cccs3)o2)c1. The van der Waals surface area contributed by atoms with Crippen LogP contribution in [0.25, 0.3) is 11.5 Å². The molecule has 0 spiro atoms. The predicted octanol–water partition coefficient (Wildman–Crippen LogP) is 4.48. The molecule has 0 bridgehead atoms. The number of carbonyl (C=O) groups is 1. The van der Waals surface area contributed by atoms with Crippen molar-refractivity contribution in [2.24, 2.45) is 0 Å². The lowest BCUT2D eigenvalue weighted by atomic mass is 10.0. The maximum atomic E-state index is 13.0. The number of aromatic nitrogens is 2. The van der Waals surface area contributed by atoms with Crippen LogP contribution < -0.4 is 5.32 Å². The topological polar surface area (TPSA) is 105 Å². The number of hydrogen-bond donors (Lipinski definition) is 1. The highest BCUT2D eigenvalue weighted by molar-refractivity contribution is 7.99. The zero-order chi connectivity index (χ0) is 22.7. The highest BCUT2D eigenvalue weighted by Gasteiger charge is 2.38. The molecule has 1 fully saturated rings. The molecular formula is C21H24N4O4S3. The van der Waals surface area contributed by atoms with Gasteiger partial charge in [0, 0.05) is 22.3 Å². The third-order valence-corrected chi connectivity index (χ3v) is 9.20. The van der Waals surface area contributed by atoms with E-state index in [2.05, 4.69) is 29.4 Å². The maximum Gasteiger partial charge on any atom is 0.322 e. The summed E-state index contributed by atoms with van der Waals surface area (Å²) in [5.74, 6) is -0.178. The molecule has 8 nitrogen and oxygen atoms in total. The fourth-order valence-corrected chi connectivity index (χ4v) is 7.21. The third-order valence-electron chi connectivity index (χ3n) is 4.92. The first-order chi connectivity index (χ1) is 15.3. The van der Waals surface area contributed by atoms with E-state index in [1.165, 1.54) is 4.31 Å². The molecule has 0 saturated carbocycles. The van der Waals surface area contributed by atoms with Crippen molar-refractivity contribution < 1.29 is 17.6 Å². The van der Waals surface area contributed by atoms with Crippen LogP contribution in [0.15, 0.2) is 55.3 Å². The molecular weight excluding hydrogens is 468 g/mol. The Kier molecular flexibility index (Phi) is 6.99. The number of nitrogens with zero attached hydrogens (tertiary/aromatic N) is 3. The quantitative estimate of drug-likeness (QED) is 0.485. The Morgan fingerprint density at radius 2 is 2.09 bits per heavy atom. The number of anilines is 1. The molecule has 1 atom stereocenters. The summed E-state index contributed by atoms with van der Waals surface area (Å²) >= 11 is 2.87. The molecule has 3 aromatic rings. The van der Waals surface area contributed by atoms with Crippen molar-refractivity contribution in [3.8, 4) is 11.5 Å². The second-order valence-electron chi connectivity index (χ2n) is 7.66. The van der Waals surface area contributed by atoms with Gasteiger partial charge in [-0.25, -0.2) is 8.42 Å². The van der Waals surface area contributed by atoms with E-state index in [1.54, 1.807) is 29.3 Å². The average Bonchev–Trinajstić information content (AvgIpc) is 3.46. The fourth-order valence-electron chi connectivity index (χ4n) is 3.53. The minimum Gasteiger partial charge on any atom is -0.403 e. The summed E-state index contributed by atoms with van der Waals surface area (Å²) in [4.78, 5) is 14.1. The zero-order valence-electron chi connectivity index (χ0n) is 17.7. The molecule has 4 rings (SSSR count). The van der Waals surface area contributed by atoms with Crippen LogP contribution >= 0.6 is 23.1 Å². The number of thioether (sulfide) groups is 1. The van der Waals surface area contributed by atoms with Crippen molar-refractivity contribution in [3.05, 3.63) is 41.8 Å². The largest absolute Gasteiger partial charge is 0.403 e. The van der Waals surface area contributed by atoms with E-state index >= 15 is 0 Å². The summed E-state index contributed by atoms with van der Waals surface area (Å²) in [6.07, 6.45) is 1.92. The Morgan fingerprint density at radius 1 is 1.25 bits per heavy atom. The van der Waals surface area contributed by atoms with E-state index in [-0.39, 0.29) is 10.2 Å². The number of carbonyl (C=O) groups excluding carboxylic acids is 1. The molecule has 1 amide bonds. The van der Waals surface area contributed by atoms with Crippen LogP contribution in [0.3, 0.4) is 0 Å². The van der Waals surface area contributed by atoms with E-state index < -0.39 is 22.0 Å². The van der Waals surface area contributed by atoms with Crippen LogP contribution in [0.2, 0.25) is 0 Å². The Bertz CT molecular complexity index is 1180. The summed E-state index contributed by atoms with van der Waals surface area (Å²) < 4.78 is 33.2. The van der Waals surface area contributed by atoms with Crippen LogP contribution in [0.1, 0.15) is 33.1 Å². The van der Waals surface area contributed by atoms with Crippen molar-refractivity contribution in [1.82, 2.24) is 14.5 Å². The number of rotatable bonds is 7. The summed E-state index contributed by atoms with van der Waals surface area (Å²) in [5.41, 5.74) is 0.753. The molecule has 0 radical (unpaired) electrons. The molecule has 0 aliphatic carbocycles. The summed E-state index contributed by atoms with van der Waals surface area (Å²) in [6.45, 7) is 4.53. The first-order valence-electron chi connectivity index (χ1n) is 10.3. The molecule has 170 valence electrons. The predicted molar refractivity (Wildman–Crippen MR) is 125 cm³/mol. The molecule has 11 heteroatoms. The first-order valence-corrected chi connectivity index (χ1v) is 13.5. The lowest BCUT2D eigenvalue weighted by molar-refractivity contribution is -0.120. The lowest BCUT2D eigenvalue weighted by Gasteiger charge is -2.32. The molecule has 32 heavy (non-hydrogen) atoms. The monoisotopic (exact) mass is 492 g/mol. The number of hydrogen-bond acceptors (Lipinski definition) is 8. The molecule has 1 aromatic carbocycles. The Morgan fingerprint density at radius 3 is 2.84 bits per heavy atom. The summed E-state index contributed by atoms with van der Waals surface area (Å²) in [5, 5.41) is 12.7. The van der Waals surface area contributed by atoms with Gasteiger partial charge in [0.15, 0.2) is 0 Å². The smallest absolute Gasteiger partial charge is 0.322 e. The maximum absolute atomic E-state index is 13.0.